The molecule has 4 rings (SSSR count). The zero-order valence-corrected chi connectivity index (χ0v) is 27.0. The van der Waals surface area contributed by atoms with Crippen LogP contribution in [0.2, 0.25) is 0 Å². The lowest BCUT2D eigenvalue weighted by molar-refractivity contribution is -0.116. The predicted molar refractivity (Wildman–Crippen MR) is 169 cm³/mol. The van der Waals surface area contributed by atoms with Gasteiger partial charge < -0.3 is 30.8 Å². The van der Waals surface area contributed by atoms with E-state index < -0.39 is 83.0 Å². The molecule has 0 saturated heterocycles. The molecule has 9 atom stereocenters. The molecule has 1 amide bonds. The molecule has 0 unspecified atom stereocenters. The van der Waals surface area contributed by atoms with Gasteiger partial charge in [0.15, 0.2) is 11.6 Å². The number of carbonyl (C=O) groups is 4. The molecule has 0 spiro atoms. The first-order valence-corrected chi connectivity index (χ1v) is 15.2. The van der Waals surface area contributed by atoms with Crippen LogP contribution >= 0.6 is 0 Å². The summed E-state index contributed by atoms with van der Waals surface area (Å²) in [6.45, 7) is 12.7. The molecular formula is C35H45NO9. The molecule has 45 heavy (non-hydrogen) atoms. The number of allylic oxidation sites excluding steroid dienone is 5. The van der Waals surface area contributed by atoms with Crippen LogP contribution in [0.3, 0.4) is 0 Å². The maximum atomic E-state index is 13.7. The highest BCUT2D eigenvalue weighted by molar-refractivity contribution is 6.30. The van der Waals surface area contributed by atoms with Crippen LogP contribution in [0.25, 0.3) is 0 Å². The van der Waals surface area contributed by atoms with Gasteiger partial charge in [0.1, 0.15) is 5.75 Å². The summed E-state index contributed by atoms with van der Waals surface area (Å²) in [5.74, 6) is -6.59. The first-order valence-electron chi connectivity index (χ1n) is 15.2. The van der Waals surface area contributed by atoms with Gasteiger partial charge in [-0.15, -0.1) is 0 Å². The molecule has 2 heterocycles. The SMILES string of the molecule is C/C1=C\C=C\[C@H](C)[C@H](O)[C@@H](C)[C@@H](O)[C@@H](C)[C@H](O)[C@H](C)[C@@H](O)[C@@H](C)/C=C(\C)C(=O)c2c(O)c(C)cc3c2C(=O)C=C(NC1=O)C3=O. The van der Waals surface area contributed by atoms with Crippen molar-refractivity contribution in [2.75, 3.05) is 0 Å². The number of aryl methyl sites for hydroxylation is 1. The fourth-order valence-corrected chi connectivity index (χ4v) is 6.04. The number of hydrogen-bond donors (Lipinski definition) is 6. The van der Waals surface area contributed by atoms with E-state index in [-0.39, 0.29) is 39.1 Å². The fourth-order valence-electron chi connectivity index (χ4n) is 6.04. The van der Waals surface area contributed by atoms with Crippen LogP contribution in [-0.4, -0.2) is 73.2 Å². The molecule has 0 fully saturated rings. The topological polar surface area (TPSA) is 181 Å². The van der Waals surface area contributed by atoms with Crippen molar-refractivity contribution in [1.29, 1.82) is 0 Å². The van der Waals surface area contributed by atoms with Gasteiger partial charge in [0.05, 0.1) is 35.7 Å². The van der Waals surface area contributed by atoms with Crippen molar-refractivity contribution in [2.45, 2.75) is 79.8 Å². The van der Waals surface area contributed by atoms with Crippen molar-refractivity contribution in [3.8, 4) is 5.75 Å². The van der Waals surface area contributed by atoms with Gasteiger partial charge in [-0.1, -0.05) is 58.9 Å². The maximum absolute atomic E-state index is 13.7. The normalized spacial score (nSPS) is 35.6. The summed E-state index contributed by atoms with van der Waals surface area (Å²) in [7, 11) is 0. The van der Waals surface area contributed by atoms with Gasteiger partial charge in [-0.2, -0.15) is 0 Å². The summed E-state index contributed by atoms with van der Waals surface area (Å²) in [6, 6.07) is 1.30. The van der Waals surface area contributed by atoms with Crippen molar-refractivity contribution < 1.29 is 44.7 Å². The number of phenolic OH excluding ortho intramolecular Hbond substituents is 1. The molecule has 3 aliphatic rings. The summed E-state index contributed by atoms with van der Waals surface area (Å²) in [5, 5.41) is 57.6. The molecular weight excluding hydrogens is 578 g/mol. The highest BCUT2D eigenvalue weighted by Crippen LogP contribution is 2.35. The summed E-state index contributed by atoms with van der Waals surface area (Å²) in [6.07, 6.45) is 2.61. The Morgan fingerprint density at radius 1 is 0.689 bits per heavy atom. The van der Waals surface area contributed by atoms with Crippen molar-refractivity contribution in [3.05, 3.63) is 75.5 Å². The van der Waals surface area contributed by atoms with E-state index in [1.54, 1.807) is 46.8 Å². The van der Waals surface area contributed by atoms with Crippen molar-refractivity contribution in [3.63, 3.8) is 0 Å². The van der Waals surface area contributed by atoms with E-state index in [1.165, 1.54) is 39.0 Å². The zero-order chi connectivity index (χ0) is 34.1. The number of ketones is 3. The molecule has 0 aromatic heterocycles. The van der Waals surface area contributed by atoms with Gasteiger partial charge in [0.25, 0.3) is 5.91 Å². The van der Waals surface area contributed by atoms with Crippen LogP contribution in [0.15, 0.2) is 53.3 Å². The van der Waals surface area contributed by atoms with Crippen LogP contribution in [0.1, 0.15) is 85.1 Å². The number of Topliss-reactive ketones (excluding diaryl/α,β-unsaturated/α-hetero) is 2. The molecule has 244 valence electrons. The van der Waals surface area contributed by atoms with E-state index in [1.807, 2.05) is 0 Å². The number of nitrogens with one attached hydrogen (secondary N) is 1. The standard InChI is InChI=1S/C35H45NO9/c1-15-10-9-11-16(2)35(45)36-24-14-25(37)26-23(34(24)44)13-19(5)31(41)27(26)30(40)18(4)12-17(3)29(39)21(7)33(43)22(8)32(42)20(6)28(15)38/h9-15,17,20-22,28-29,32-33,38-39,41-43H,1-8H3,(H,36,45)/b10-9+,16-11+,18-12+/t15-,17-,20+,21+,22+,28-,29-,32+,33+/m0/s1. The molecule has 1 aromatic carbocycles. The summed E-state index contributed by atoms with van der Waals surface area (Å²) < 4.78 is 0. The molecule has 1 aromatic rings. The number of phenols is 1. The van der Waals surface area contributed by atoms with E-state index in [2.05, 4.69) is 5.32 Å². The number of amides is 1. The van der Waals surface area contributed by atoms with E-state index in [9.17, 15) is 44.7 Å². The number of aliphatic hydroxyl groups is 4. The summed E-state index contributed by atoms with van der Waals surface area (Å²) in [4.78, 5) is 53.4. The Labute approximate surface area is 263 Å². The van der Waals surface area contributed by atoms with Crippen LogP contribution < -0.4 is 5.32 Å². The number of fused-ring (bicyclic) bond motifs is 15. The minimum atomic E-state index is -1.18. The third kappa shape index (κ3) is 7.25. The Morgan fingerprint density at radius 3 is 1.80 bits per heavy atom. The molecule has 10 heteroatoms. The molecule has 10 nitrogen and oxygen atoms in total. The maximum Gasteiger partial charge on any atom is 0.251 e. The fraction of sp³-hybridized carbons (Fsp3) is 0.486. The minimum Gasteiger partial charge on any atom is -0.507 e. The van der Waals surface area contributed by atoms with Crippen LogP contribution in [0, 0.1) is 36.5 Å². The zero-order valence-electron chi connectivity index (χ0n) is 27.0. The number of aromatic hydroxyl groups is 1. The summed E-state index contributed by atoms with van der Waals surface area (Å²) >= 11 is 0. The van der Waals surface area contributed by atoms with E-state index >= 15 is 0 Å². The van der Waals surface area contributed by atoms with Gasteiger partial charge in [-0.3, -0.25) is 19.2 Å². The van der Waals surface area contributed by atoms with Gasteiger partial charge >= 0.3 is 0 Å². The summed E-state index contributed by atoms with van der Waals surface area (Å²) in [5.41, 5.74) is -0.607. The Hall–Kier alpha value is -3.70. The average Bonchev–Trinajstić information content (AvgIpc) is 3.00. The van der Waals surface area contributed by atoms with Gasteiger partial charge in [0, 0.05) is 52.4 Å². The van der Waals surface area contributed by atoms with Gasteiger partial charge in [-0.25, -0.2) is 0 Å². The quantitative estimate of drug-likeness (QED) is 0.253. The van der Waals surface area contributed by atoms with E-state index in [0.717, 1.165) is 6.08 Å². The highest BCUT2D eigenvalue weighted by atomic mass is 16.3. The number of rotatable bonds is 0. The molecule has 1 aliphatic carbocycles. The molecule has 0 radical (unpaired) electrons. The average molecular weight is 624 g/mol. The van der Waals surface area contributed by atoms with Gasteiger partial charge in [0.2, 0.25) is 5.78 Å². The lowest BCUT2D eigenvalue weighted by atomic mass is 9.77. The monoisotopic (exact) mass is 623 g/mol. The minimum absolute atomic E-state index is 0.0835. The molecule has 6 N–H and O–H groups in total. The Balaban J connectivity index is 2.16. The van der Waals surface area contributed by atoms with Crippen LogP contribution in [-0.2, 0) is 4.79 Å². The van der Waals surface area contributed by atoms with Crippen molar-refractivity contribution in [2.24, 2.45) is 29.6 Å². The van der Waals surface area contributed by atoms with E-state index in [0.29, 0.717) is 0 Å². The first-order chi connectivity index (χ1) is 20.9. The van der Waals surface area contributed by atoms with Crippen LogP contribution in [0.4, 0.5) is 0 Å². The lowest BCUT2D eigenvalue weighted by Crippen LogP contribution is -2.45. The van der Waals surface area contributed by atoms with Crippen LogP contribution in [0.5, 0.6) is 5.75 Å². The second kappa shape index (κ2) is 14.2. The Kier molecular flexibility index (Phi) is 11.3. The lowest BCUT2D eigenvalue weighted by Gasteiger charge is -2.36. The smallest absolute Gasteiger partial charge is 0.251 e. The number of carbonyl (C=O) groups excluding carboxylic acids is 4. The Morgan fingerprint density at radius 2 is 1.22 bits per heavy atom. The molecule has 0 saturated carbocycles. The largest absolute Gasteiger partial charge is 0.507 e. The number of benzene rings is 1. The van der Waals surface area contributed by atoms with Gasteiger partial charge in [-0.05, 0) is 38.0 Å². The number of aliphatic hydroxyl groups excluding tert-OH is 4. The molecule has 2 aliphatic heterocycles. The molecule has 4 bridgehead atoms. The van der Waals surface area contributed by atoms with E-state index in [4.69, 9.17) is 0 Å². The Bertz CT molecular complexity index is 1500. The second-order valence-electron chi connectivity index (χ2n) is 12.7. The first kappa shape index (κ1) is 35.8. The van der Waals surface area contributed by atoms with Crippen molar-refractivity contribution >= 4 is 23.3 Å². The van der Waals surface area contributed by atoms with Crippen molar-refractivity contribution in [1.82, 2.24) is 5.32 Å². The predicted octanol–water partition coefficient (Wildman–Crippen LogP) is 3.35. The third-order valence-electron chi connectivity index (χ3n) is 9.28. The third-order valence-corrected chi connectivity index (χ3v) is 9.28. The number of hydrogen-bond acceptors (Lipinski definition) is 9. The highest BCUT2D eigenvalue weighted by Gasteiger charge is 2.38. The second-order valence-corrected chi connectivity index (χ2v) is 12.7.